The van der Waals surface area contributed by atoms with Gasteiger partial charge in [-0.1, -0.05) is 36.9 Å². The summed E-state index contributed by atoms with van der Waals surface area (Å²) in [7, 11) is 1.62. The number of aromatic nitrogens is 2. The van der Waals surface area contributed by atoms with E-state index in [0.717, 1.165) is 16.6 Å². The van der Waals surface area contributed by atoms with Crippen LogP contribution in [0.15, 0.2) is 54.9 Å². The Morgan fingerprint density at radius 3 is 2.64 bits per heavy atom. The third kappa shape index (κ3) is 6.18. The van der Waals surface area contributed by atoms with Crippen molar-refractivity contribution >= 4 is 33.9 Å². The van der Waals surface area contributed by atoms with Gasteiger partial charge >= 0.3 is 0 Å². The third-order valence-electron chi connectivity index (χ3n) is 7.17. The molecule has 2 aromatic carbocycles. The third-order valence-corrected chi connectivity index (χ3v) is 7.48. The minimum absolute atomic E-state index is 0.342. The van der Waals surface area contributed by atoms with Gasteiger partial charge in [0, 0.05) is 29.9 Å². The van der Waals surface area contributed by atoms with Crippen LogP contribution in [0, 0.1) is 24.2 Å². The van der Waals surface area contributed by atoms with Crippen LogP contribution in [0.2, 0.25) is 5.02 Å². The molecule has 5 rings (SSSR count). The number of pyridine rings is 2. The predicted octanol–water partition coefficient (Wildman–Crippen LogP) is 7.75. The molecule has 0 amide bonds. The summed E-state index contributed by atoms with van der Waals surface area (Å²) in [6.07, 6.45) is 9.52. The van der Waals surface area contributed by atoms with Gasteiger partial charge in [0.1, 0.15) is 18.4 Å². The van der Waals surface area contributed by atoms with Gasteiger partial charge in [-0.05, 0) is 55.5 Å². The number of methoxy groups -OCH3 is 1. The highest BCUT2D eigenvalue weighted by Gasteiger charge is 2.18. The first kappa shape index (κ1) is 26.6. The number of nitriles is 1. The second-order valence-corrected chi connectivity index (χ2v) is 10.2. The Morgan fingerprint density at radius 1 is 1.05 bits per heavy atom. The van der Waals surface area contributed by atoms with Gasteiger partial charge in [-0.15, -0.1) is 0 Å². The van der Waals surface area contributed by atoms with Gasteiger partial charge in [0.2, 0.25) is 0 Å². The minimum Gasteiger partial charge on any atom is -0.493 e. The number of benzene rings is 2. The molecule has 0 bridgehead atoms. The molecule has 200 valence electrons. The van der Waals surface area contributed by atoms with E-state index in [4.69, 9.17) is 25.8 Å². The van der Waals surface area contributed by atoms with Crippen LogP contribution in [-0.2, 0) is 6.61 Å². The minimum atomic E-state index is 0.342. The van der Waals surface area contributed by atoms with Crippen LogP contribution >= 0.6 is 11.6 Å². The maximum atomic E-state index is 9.83. The average Bonchev–Trinajstić information content (AvgIpc) is 2.97. The molecule has 0 aliphatic heterocycles. The second-order valence-electron chi connectivity index (χ2n) is 9.82. The van der Waals surface area contributed by atoms with Crippen molar-refractivity contribution < 1.29 is 14.2 Å². The molecular formula is C31H31ClN4O3. The number of ether oxygens (including phenoxy) is 3. The van der Waals surface area contributed by atoms with Crippen molar-refractivity contribution in [3.63, 3.8) is 0 Å². The molecule has 7 nitrogen and oxygen atoms in total. The zero-order valence-electron chi connectivity index (χ0n) is 22.2. The molecule has 0 unspecified atom stereocenters. The van der Waals surface area contributed by atoms with Crippen LogP contribution in [-0.4, -0.2) is 23.7 Å². The SMILES string of the molecule is COc1cc2c(Nc3ccc(OCc4ncccc4C)cc3Cl)c(C#N)cnc2cc1OCC1CCCCC1. The van der Waals surface area contributed by atoms with Gasteiger partial charge in [0.05, 0.1) is 46.9 Å². The normalized spacial score (nSPS) is 13.6. The molecule has 1 N–H and O–H groups in total. The van der Waals surface area contributed by atoms with E-state index in [0.29, 0.717) is 63.9 Å². The molecule has 8 heteroatoms. The Balaban J connectivity index is 1.39. The number of anilines is 2. The van der Waals surface area contributed by atoms with Crippen LogP contribution in [0.4, 0.5) is 11.4 Å². The lowest BCUT2D eigenvalue weighted by Gasteiger charge is -2.22. The maximum absolute atomic E-state index is 9.83. The van der Waals surface area contributed by atoms with Crippen LogP contribution in [0.25, 0.3) is 10.9 Å². The zero-order chi connectivity index (χ0) is 27.2. The molecule has 0 atom stereocenters. The Kier molecular flexibility index (Phi) is 8.33. The molecule has 39 heavy (non-hydrogen) atoms. The van der Waals surface area contributed by atoms with E-state index < -0.39 is 0 Å². The Hall–Kier alpha value is -4.02. The Labute approximate surface area is 233 Å². The van der Waals surface area contributed by atoms with Crippen molar-refractivity contribution in [1.82, 2.24) is 9.97 Å². The molecule has 0 radical (unpaired) electrons. The topological polar surface area (TPSA) is 89.3 Å². The van der Waals surface area contributed by atoms with E-state index in [2.05, 4.69) is 21.4 Å². The summed E-state index contributed by atoms with van der Waals surface area (Å²) >= 11 is 6.64. The largest absolute Gasteiger partial charge is 0.493 e. The van der Waals surface area contributed by atoms with E-state index in [9.17, 15) is 5.26 Å². The molecule has 2 heterocycles. The summed E-state index contributed by atoms with van der Waals surface area (Å²) in [6.45, 7) is 3.00. The van der Waals surface area contributed by atoms with Gasteiger partial charge in [-0.3, -0.25) is 9.97 Å². The van der Waals surface area contributed by atoms with Crippen LogP contribution in [0.3, 0.4) is 0 Å². The van der Waals surface area contributed by atoms with E-state index in [1.54, 1.807) is 25.6 Å². The van der Waals surface area contributed by atoms with Gasteiger partial charge in [-0.25, -0.2) is 0 Å². The first-order chi connectivity index (χ1) is 19.1. The van der Waals surface area contributed by atoms with Crippen LogP contribution in [0.1, 0.15) is 48.9 Å². The van der Waals surface area contributed by atoms with E-state index in [1.807, 2.05) is 43.3 Å². The molecule has 4 aromatic rings. The highest BCUT2D eigenvalue weighted by molar-refractivity contribution is 6.33. The van der Waals surface area contributed by atoms with E-state index >= 15 is 0 Å². The van der Waals surface area contributed by atoms with Crippen molar-refractivity contribution in [3.05, 3.63) is 76.7 Å². The summed E-state index contributed by atoms with van der Waals surface area (Å²) in [6, 6.07) is 15.3. The molecule has 1 fully saturated rings. The summed E-state index contributed by atoms with van der Waals surface area (Å²) in [4.78, 5) is 8.89. The number of rotatable bonds is 9. The summed E-state index contributed by atoms with van der Waals surface area (Å²) in [5, 5.41) is 14.4. The lowest BCUT2D eigenvalue weighted by Crippen LogP contribution is -2.15. The first-order valence-corrected chi connectivity index (χ1v) is 13.6. The van der Waals surface area contributed by atoms with Crippen LogP contribution < -0.4 is 19.5 Å². The highest BCUT2D eigenvalue weighted by atomic mass is 35.5. The quantitative estimate of drug-likeness (QED) is 0.231. The number of fused-ring (bicyclic) bond motifs is 1. The number of nitrogens with one attached hydrogen (secondary N) is 1. The van der Waals surface area contributed by atoms with Crippen molar-refractivity contribution in [2.75, 3.05) is 19.0 Å². The van der Waals surface area contributed by atoms with Gasteiger partial charge in [0.15, 0.2) is 11.5 Å². The van der Waals surface area contributed by atoms with E-state index in [-0.39, 0.29) is 0 Å². The summed E-state index contributed by atoms with van der Waals surface area (Å²) in [5.41, 5.74) is 4.25. The van der Waals surface area contributed by atoms with Crippen LogP contribution in [0.5, 0.6) is 17.2 Å². The second kappa shape index (κ2) is 12.2. The number of halogens is 1. The molecule has 0 saturated heterocycles. The molecule has 0 spiro atoms. The van der Waals surface area contributed by atoms with Crippen molar-refractivity contribution in [2.24, 2.45) is 5.92 Å². The number of aryl methyl sites for hydroxylation is 1. The molecular weight excluding hydrogens is 512 g/mol. The Bertz CT molecular complexity index is 1510. The van der Waals surface area contributed by atoms with E-state index in [1.165, 1.54) is 32.1 Å². The molecule has 1 aliphatic carbocycles. The van der Waals surface area contributed by atoms with Gasteiger partial charge in [0.25, 0.3) is 0 Å². The predicted molar refractivity (Wildman–Crippen MR) is 153 cm³/mol. The summed E-state index contributed by atoms with van der Waals surface area (Å²) < 4.78 is 17.8. The number of hydrogen-bond donors (Lipinski definition) is 1. The lowest BCUT2D eigenvalue weighted by atomic mass is 9.90. The Morgan fingerprint density at radius 2 is 1.90 bits per heavy atom. The monoisotopic (exact) mass is 542 g/mol. The lowest BCUT2D eigenvalue weighted by molar-refractivity contribution is 0.202. The molecule has 1 aliphatic rings. The van der Waals surface area contributed by atoms with Crippen molar-refractivity contribution in [3.8, 4) is 23.3 Å². The summed E-state index contributed by atoms with van der Waals surface area (Å²) in [5.74, 6) is 2.43. The number of nitrogens with zero attached hydrogens (tertiary/aromatic N) is 3. The highest BCUT2D eigenvalue weighted by Crippen LogP contribution is 2.39. The van der Waals surface area contributed by atoms with Gasteiger partial charge < -0.3 is 19.5 Å². The van der Waals surface area contributed by atoms with Gasteiger partial charge in [-0.2, -0.15) is 5.26 Å². The standard InChI is InChI=1S/C31H31ClN4O3/c1-20-7-6-12-34-28(20)19-38-23-10-11-26(25(32)13-23)36-31-22(16-33)17-35-27-15-30(29(37-2)14-24(27)31)39-18-21-8-4-3-5-9-21/h6-7,10-15,17,21H,3-5,8-9,18-19H2,1-2H3,(H,35,36). The first-order valence-electron chi connectivity index (χ1n) is 13.2. The fourth-order valence-corrected chi connectivity index (χ4v) is 5.11. The molecule has 1 saturated carbocycles. The fourth-order valence-electron chi connectivity index (χ4n) is 4.90. The zero-order valence-corrected chi connectivity index (χ0v) is 22.9. The number of hydrogen-bond acceptors (Lipinski definition) is 7. The smallest absolute Gasteiger partial charge is 0.163 e. The maximum Gasteiger partial charge on any atom is 0.163 e. The average molecular weight is 543 g/mol. The van der Waals surface area contributed by atoms with Crippen molar-refractivity contribution in [1.29, 1.82) is 5.26 Å². The molecule has 2 aromatic heterocycles. The van der Waals surface area contributed by atoms with Crippen molar-refractivity contribution in [2.45, 2.75) is 45.6 Å². The fraction of sp³-hybridized carbons (Fsp3) is 0.323.